The third kappa shape index (κ3) is 3.87. The first-order valence-corrected chi connectivity index (χ1v) is 9.08. The molecule has 1 aliphatic heterocycles. The lowest BCUT2D eigenvalue weighted by molar-refractivity contribution is 0.0945. The topological polar surface area (TPSA) is 45.2 Å². The van der Waals surface area contributed by atoms with E-state index in [0.29, 0.717) is 11.5 Å². The summed E-state index contributed by atoms with van der Waals surface area (Å²) in [5.74, 6) is 0.482. The van der Waals surface area contributed by atoms with Gasteiger partial charge in [0.05, 0.1) is 0 Å². The molecule has 1 aromatic carbocycles. The maximum absolute atomic E-state index is 12.2. The van der Waals surface area contributed by atoms with Crippen molar-refractivity contribution in [1.82, 2.24) is 10.3 Å². The summed E-state index contributed by atoms with van der Waals surface area (Å²) < 4.78 is 0.982. The third-order valence-corrected chi connectivity index (χ3v) is 5.23. The predicted molar refractivity (Wildman–Crippen MR) is 93.5 cm³/mol. The number of piperidine rings is 1. The second-order valence-corrected chi connectivity index (χ2v) is 7.27. The van der Waals surface area contributed by atoms with Gasteiger partial charge in [-0.2, -0.15) is 0 Å². The van der Waals surface area contributed by atoms with Gasteiger partial charge in [-0.05, 0) is 43.0 Å². The monoisotopic (exact) mass is 379 g/mol. The minimum atomic E-state index is -0.00104. The Labute approximate surface area is 142 Å². The minimum Gasteiger partial charge on any atom is -0.352 e. The summed E-state index contributed by atoms with van der Waals surface area (Å²) in [7, 11) is 0. The highest BCUT2D eigenvalue weighted by atomic mass is 79.9. The van der Waals surface area contributed by atoms with Crippen molar-refractivity contribution < 1.29 is 4.79 Å². The van der Waals surface area contributed by atoms with Crippen molar-refractivity contribution in [2.24, 2.45) is 5.92 Å². The number of carbonyl (C=O) groups excluding carboxylic acids is 1. The van der Waals surface area contributed by atoms with Crippen molar-refractivity contribution in [3.63, 3.8) is 0 Å². The number of nitrogens with zero attached hydrogens (tertiary/aromatic N) is 2. The summed E-state index contributed by atoms with van der Waals surface area (Å²) in [4.78, 5) is 18.9. The van der Waals surface area contributed by atoms with Crippen molar-refractivity contribution in [2.75, 3.05) is 24.5 Å². The first-order chi connectivity index (χ1) is 10.7. The molecule has 1 unspecified atom stereocenters. The summed E-state index contributed by atoms with van der Waals surface area (Å²) in [6, 6.07) is 7.45. The largest absolute Gasteiger partial charge is 0.352 e. The van der Waals surface area contributed by atoms with Gasteiger partial charge < -0.3 is 10.2 Å². The van der Waals surface area contributed by atoms with Crippen LogP contribution >= 0.6 is 27.3 Å². The van der Waals surface area contributed by atoms with E-state index in [1.165, 1.54) is 0 Å². The van der Waals surface area contributed by atoms with Crippen molar-refractivity contribution in [1.29, 1.82) is 0 Å². The summed E-state index contributed by atoms with van der Waals surface area (Å²) in [6.45, 7) is 2.75. The Morgan fingerprint density at radius 3 is 2.95 bits per heavy atom. The second-order valence-electron chi connectivity index (χ2n) is 5.49. The Morgan fingerprint density at radius 2 is 2.23 bits per heavy atom. The molecular formula is C16H18BrN3OS. The molecule has 1 N–H and O–H groups in total. The Bertz CT molecular complexity index is 615. The zero-order valence-electron chi connectivity index (χ0n) is 12.2. The molecule has 1 fully saturated rings. The lowest BCUT2D eigenvalue weighted by atomic mass is 9.98. The Kier molecular flexibility index (Phi) is 5.10. The van der Waals surface area contributed by atoms with Crippen molar-refractivity contribution in [3.05, 3.63) is 45.9 Å². The fourth-order valence-corrected chi connectivity index (χ4v) is 3.66. The zero-order valence-corrected chi connectivity index (χ0v) is 14.6. The third-order valence-electron chi connectivity index (χ3n) is 3.87. The molecule has 1 atom stereocenters. The molecule has 0 aliphatic carbocycles. The van der Waals surface area contributed by atoms with Crippen LogP contribution in [0.25, 0.3) is 0 Å². The van der Waals surface area contributed by atoms with E-state index in [1.54, 1.807) is 11.3 Å². The van der Waals surface area contributed by atoms with Crippen LogP contribution in [0, 0.1) is 5.92 Å². The van der Waals surface area contributed by atoms with Gasteiger partial charge in [0.25, 0.3) is 5.91 Å². The van der Waals surface area contributed by atoms with E-state index >= 15 is 0 Å². The molecule has 0 saturated carbocycles. The van der Waals surface area contributed by atoms with Gasteiger partial charge in [0.1, 0.15) is 0 Å². The van der Waals surface area contributed by atoms with Crippen LogP contribution in [0.1, 0.15) is 23.2 Å². The van der Waals surface area contributed by atoms with E-state index in [2.05, 4.69) is 31.1 Å². The zero-order chi connectivity index (χ0) is 15.4. The number of hydrogen-bond donors (Lipinski definition) is 1. The van der Waals surface area contributed by atoms with Gasteiger partial charge in [-0.1, -0.05) is 15.9 Å². The standard InChI is InChI=1S/C16H18BrN3OS/c17-14-5-3-13(4-6-14)15(21)19-10-12-2-1-8-20(11-12)16-18-7-9-22-16/h3-7,9,12H,1-2,8,10-11H2,(H,19,21). The molecule has 2 heterocycles. The molecule has 3 rings (SSSR count). The van der Waals surface area contributed by atoms with E-state index in [-0.39, 0.29) is 5.91 Å². The van der Waals surface area contributed by atoms with E-state index < -0.39 is 0 Å². The molecule has 1 amide bonds. The predicted octanol–water partition coefficient (Wildman–Crippen LogP) is 3.55. The van der Waals surface area contributed by atoms with Gasteiger partial charge in [0.2, 0.25) is 0 Å². The molecule has 22 heavy (non-hydrogen) atoms. The molecule has 1 aliphatic rings. The Hall–Kier alpha value is -1.40. The fraction of sp³-hybridized carbons (Fsp3) is 0.375. The number of halogens is 1. The SMILES string of the molecule is O=C(NCC1CCCN(c2nccs2)C1)c1ccc(Br)cc1. The molecule has 0 spiro atoms. The number of aromatic nitrogens is 1. The highest BCUT2D eigenvalue weighted by molar-refractivity contribution is 9.10. The summed E-state index contributed by atoms with van der Waals surface area (Å²) in [5.41, 5.74) is 0.704. The Morgan fingerprint density at radius 1 is 1.41 bits per heavy atom. The van der Waals surface area contributed by atoms with Gasteiger partial charge in [-0.15, -0.1) is 11.3 Å². The van der Waals surface area contributed by atoms with E-state index in [0.717, 1.165) is 42.1 Å². The number of anilines is 1. The van der Waals surface area contributed by atoms with Crippen LogP contribution in [-0.4, -0.2) is 30.5 Å². The van der Waals surface area contributed by atoms with Crippen molar-refractivity contribution in [3.8, 4) is 0 Å². The number of benzene rings is 1. The number of hydrogen-bond acceptors (Lipinski definition) is 4. The Balaban J connectivity index is 1.52. The van der Waals surface area contributed by atoms with Crippen LogP contribution in [0.3, 0.4) is 0 Å². The second kappa shape index (κ2) is 7.24. The van der Waals surface area contributed by atoms with Crippen molar-refractivity contribution in [2.45, 2.75) is 12.8 Å². The smallest absolute Gasteiger partial charge is 0.251 e. The van der Waals surface area contributed by atoms with Crippen LogP contribution in [0.15, 0.2) is 40.3 Å². The highest BCUT2D eigenvalue weighted by Gasteiger charge is 2.22. The van der Waals surface area contributed by atoms with E-state index in [4.69, 9.17) is 0 Å². The maximum Gasteiger partial charge on any atom is 0.251 e. The fourth-order valence-electron chi connectivity index (χ4n) is 2.72. The minimum absolute atomic E-state index is 0.00104. The van der Waals surface area contributed by atoms with Crippen LogP contribution in [-0.2, 0) is 0 Å². The lowest BCUT2D eigenvalue weighted by Gasteiger charge is -2.32. The average molecular weight is 380 g/mol. The molecule has 0 bridgehead atoms. The number of nitrogens with one attached hydrogen (secondary N) is 1. The van der Waals surface area contributed by atoms with Crippen LogP contribution in [0.4, 0.5) is 5.13 Å². The number of carbonyl (C=O) groups is 1. The number of amides is 1. The van der Waals surface area contributed by atoms with Crippen LogP contribution < -0.4 is 10.2 Å². The van der Waals surface area contributed by atoms with Gasteiger partial charge in [-0.25, -0.2) is 4.98 Å². The van der Waals surface area contributed by atoms with Crippen molar-refractivity contribution >= 4 is 38.3 Å². The summed E-state index contributed by atoms with van der Waals surface area (Å²) in [5, 5.41) is 6.15. The molecule has 4 nitrogen and oxygen atoms in total. The number of thiazole rings is 1. The first kappa shape index (κ1) is 15.5. The van der Waals surface area contributed by atoms with E-state index in [1.807, 2.05) is 35.8 Å². The van der Waals surface area contributed by atoms with Gasteiger partial charge in [0.15, 0.2) is 5.13 Å². The summed E-state index contributed by atoms with van der Waals surface area (Å²) in [6.07, 6.45) is 4.15. The van der Waals surface area contributed by atoms with E-state index in [9.17, 15) is 4.79 Å². The number of rotatable bonds is 4. The summed E-state index contributed by atoms with van der Waals surface area (Å²) >= 11 is 5.06. The van der Waals surface area contributed by atoms with Crippen LogP contribution in [0.5, 0.6) is 0 Å². The molecule has 1 saturated heterocycles. The molecule has 0 radical (unpaired) electrons. The quantitative estimate of drug-likeness (QED) is 0.883. The van der Waals surface area contributed by atoms with Crippen LogP contribution in [0.2, 0.25) is 0 Å². The average Bonchev–Trinajstić information content (AvgIpc) is 3.08. The normalized spacial score (nSPS) is 18.2. The first-order valence-electron chi connectivity index (χ1n) is 7.40. The van der Waals surface area contributed by atoms with Gasteiger partial charge >= 0.3 is 0 Å². The molecule has 6 heteroatoms. The highest BCUT2D eigenvalue weighted by Crippen LogP contribution is 2.24. The molecule has 116 valence electrons. The lowest BCUT2D eigenvalue weighted by Crippen LogP contribution is -2.41. The van der Waals surface area contributed by atoms with Gasteiger partial charge in [0, 0.05) is 41.2 Å². The molecule has 2 aromatic rings. The molecule has 1 aromatic heterocycles. The maximum atomic E-state index is 12.2. The molecular weight excluding hydrogens is 362 g/mol. The van der Waals surface area contributed by atoms with Gasteiger partial charge in [-0.3, -0.25) is 4.79 Å².